The van der Waals surface area contributed by atoms with E-state index >= 15 is 0 Å². The van der Waals surface area contributed by atoms with Crippen LogP contribution in [0.3, 0.4) is 0 Å². The zero-order valence-corrected chi connectivity index (χ0v) is 11.5. The molecular formula is C11H15N3O4S. The number of sulfonamides is 1. The summed E-state index contributed by atoms with van der Waals surface area (Å²) in [6.07, 6.45) is 5.70. The molecule has 0 aliphatic rings. The average Bonchev–Trinajstić information content (AvgIpc) is 2.71. The Kier molecular flexibility index (Phi) is 4.69. The maximum atomic E-state index is 12.3. The lowest BCUT2D eigenvalue weighted by molar-refractivity contribution is 0.0691. The Bertz CT molecular complexity index is 612. The van der Waals surface area contributed by atoms with Gasteiger partial charge in [0.2, 0.25) is 5.03 Å². The second-order valence-electron chi connectivity index (χ2n) is 3.88. The first-order chi connectivity index (χ1) is 8.86. The summed E-state index contributed by atoms with van der Waals surface area (Å²) in [6, 6.07) is 0. The lowest BCUT2D eigenvalue weighted by atomic mass is 10.3. The van der Waals surface area contributed by atoms with Crippen LogP contribution in [-0.2, 0) is 10.0 Å². The van der Waals surface area contributed by atoms with E-state index in [9.17, 15) is 13.2 Å². The van der Waals surface area contributed by atoms with Gasteiger partial charge in [-0.1, -0.05) is 12.8 Å². The molecule has 1 aromatic rings. The van der Waals surface area contributed by atoms with Crippen molar-refractivity contribution in [2.24, 2.45) is 0 Å². The Hall–Kier alpha value is -1.85. The SMILES string of the molecule is C#CCN(CCC)S(=O)(=O)c1n[nH]c(C)c1C(=O)O. The van der Waals surface area contributed by atoms with Crippen LogP contribution in [0.5, 0.6) is 0 Å². The van der Waals surface area contributed by atoms with E-state index in [1.165, 1.54) is 6.92 Å². The molecule has 0 saturated heterocycles. The Morgan fingerprint density at radius 3 is 2.68 bits per heavy atom. The number of H-pyrrole nitrogens is 1. The van der Waals surface area contributed by atoms with Crippen molar-refractivity contribution >= 4 is 16.0 Å². The fraction of sp³-hybridized carbons (Fsp3) is 0.455. The summed E-state index contributed by atoms with van der Waals surface area (Å²) in [5.74, 6) is 0.900. The van der Waals surface area contributed by atoms with Crippen molar-refractivity contribution in [2.75, 3.05) is 13.1 Å². The van der Waals surface area contributed by atoms with Gasteiger partial charge < -0.3 is 5.11 Å². The highest BCUT2D eigenvalue weighted by Gasteiger charge is 2.32. The lowest BCUT2D eigenvalue weighted by Crippen LogP contribution is -2.33. The van der Waals surface area contributed by atoms with Crippen LogP contribution in [0.15, 0.2) is 5.03 Å². The van der Waals surface area contributed by atoms with Crippen molar-refractivity contribution < 1.29 is 18.3 Å². The highest BCUT2D eigenvalue weighted by Crippen LogP contribution is 2.20. The Balaban J connectivity index is 3.34. The number of aromatic amines is 1. The number of aromatic carboxylic acids is 1. The van der Waals surface area contributed by atoms with Crippen molar-refractivity contribution in [2.45, 2.75) is 25.3 Å². The zero-order valence-electron chi connectivity index (χ0n) is 10.7. The number of carbonyl (C=O) groups is 1. The smallest absolute Gasteiger partial charge is 0.340 e. The number of nitrogens with zero attached hydrogens (tertiary/aromatic N) is 2. The van der Waals surface area contributed by atoms with Gasteiger partial charge in [0.05, 0.1) is 6.54 Å². The molecule has 0 unspecified atom stereocenters. The second-order valence-corrected chi connectivity index (χ2v) is 5.73. The van der Waals surface area contributed by atoms with Crippen LogP contribution in [0.25, 0.3) is 0 Å². The van der Waals surface area contributed by atoms with Gasteiger partial charge in [0.25, 0.3) is 10.0 Å². The quantitative estimate of drug-likeness (QED) is 0.739. The predicted octanol–water partition coefficient (Wildman–Crippen LogP) is 0.450. The molecule has 0 radical (unpaired) electrons. The summed E-state index contributed by atoms with van der Waals surface area (Å²) < 4.78 is 25.7. The average molecular weight is 285 g/mol. The lowest BCUT2D eigenvalue weighted by Gasteiger charge is -2.17. The predicted molar refractivity (Wildman–Crippen MR) is 68.2 cm³/mol. The van der Waals surface area contributed by atoms with Crippen molar-refractivity contribution in [1.82, 2.24) is 14.5 Å². The molecule has 1 heterocycles. The van der Waals surface area contributed by atoms with Gasteiger partial charge in [0, 0.05) is 12.2 Å². The van der Waals surface area contributed by atoms with Crippen LogP contribution in [0.4, 0.5) is 0 Å². The maximum absolute atomic E-state index is 12.3. The third-order valence-electron chi connectivity index (χ3n) is 2.45. The number of hydrogen-bond donors (Lipinski definition) is 2. The van der Waals surface area contributed by atoms with Gasteiger partial charge in [0.1, 0.15) is 5.56 Å². The largest absolute Gasteiger partial charge is 0.478 e. The highest BCUT2D eigenvalue weighted by atomic mass is 32.2. The van der Waals surface area contributed by atoms with Crippen LogP contribution in [-0.4, -0.2) is 47.1 Å². The molecule has 0 spiro atoms. The molecule has 19 heavy (non-hydrogen) atoms. The summed E-state index contributed by atoms with van der Waals surface area (Å²) in [5.41, 5.74) is -0.165. The molecule has 7 nitrogen and oxygen atoms in total. The van der Waals surface area contributed by atoms with Gasteiger partial charge in [-0.05, 0) is 13.3 Å². The van der Waals surface area contributed by atoms with E-state index in [-0.39, 0.29) is 24.3 Å². The van der Waals surface area contributed by atoms with Gasteiger partial charge in [-0.15, -0.1) is 6.42 Å². The standard InChI is InChI=1S/C11H15N3O4S/c1-4-6-14(7-5-2)19(17,18)10-9(11(15)16)8(3)12-13-10/h1H,5-7H2,2-3H3,(H,12,13)(H,15,16). The van der Waals surface area contributed by atoms with Gasteiger partial charge >= 0.3 is 5.97 Å². The number of aromatic nitrogens is 2. The number of carboxylic acid groups (broad SMARTS) is 1. The fourth-order valence-corrected chi connectivity index (χ4v) is 3.17. The molecular weight excluding hydrogens is 270 g/mol. The normalized spacial score (nSPS) is 11.5. The number of nitrogens with one attached hydrogen (secondary N) is 1. The first kappa shape index (κ1) is 15.2. The van der Waals surface area contributed by atoms with Crippen LogP contribution >= 0.6 is 0 Å². The number of rotatable bonds is 6. The minimum atomic E-state index is -4.01. The summed E-state index contributed by atoms with van der Waals surface area (Å²) in [4.78, 5) is 11.1. The monoisotopic (exact) mass is 285 g/mol. The van der Waals surface area contributed by atoms with E-state index in [1.807, 2.05) is 0 Å². The molecule has 0 aliphatic carbocycles. The van der Waals surface area contributed by atoms with Gasteiger partial charge in [-0.25, -0.2) is 13.2 Å². The second kappa shape index (κ2) is 5.86. The van der Waals surface area contributed by atoms with E-state index in [1.54, 1.807) is 6.92 Å². The van der Waals surface area contributed by atoms with E-state index in [0.717, 1.165) is 4.31 Å². The van der Waals surface area contributed by atoms with Crippen LogP contribution < -0.4 is 0 Å². The van der Waals surface area contributed by atoms with Crippen molar-refractivity contribution in [1.29, 1.82) is 0 Å². The minimum absolute atomic E-state index is 0.124. The zero-order chi connectivity index (χ0) is 14.6. The Morgan fingerprint density at radius 2 is 2.21 bits per heavy atom. The molecule has 0 bridgehead atoms. The highest BCUT2D eigenvalue weighted by molar-refractivity contribution is 7.89. The third kappa shape index (κ3) is 2.94. The van der Waals surface area contributed by atoms with Crippen LogP contribution in [0.1, 0.15) is 29.4 Å². The molecule has 1 rings (SSSR count). The first-order valence-electron chi connectivity index (χ1n) is 5.58. The van der Waals surface area contributed by atoms with E-state index < -0.39 is 21.0 Å². The molecule has 1 aromatic heterocycles. The molecule has 0 atom stereocenters. The summed E-state index contributed by atoms with van der Waals surface area (Å²) >= 11 is 0. The number of aryl methyl sites for hydroxylation is 1. The number of carboxylic acids is 1. The first-order valence-corrected chi connectivity index (χ1v) is 7.02. The fourth-order valence-electron chi connectivity index (χ4n) is 1.60. The number of hydrogen-bond acceptors (Lipinski definition) is 4. The van der Waals surface area contributed by atoms with Gasteiger partial charge in [0.15, 0.2) is 0 Å². The third-order valence-corrected chi connectivity index (χ3v) is 4.23. The summed E-state index contributed by atoms with van der Waals surface area (Å²) in [7, 11) is -4.01. The van der Waals surface area contributed by atoms with Gasteiger partial charge in [-0.2, -0.15) is 9.40 Å². The topological polar surface area (TPSA) is 103 Å². The minimum Gasteiger partial charge on any atom is -0.478 e. The molecule has 0 aliphatic heterocycles. The van der Waals surface area contributed by atoms with Gasteiger partial charge in [-0.3, -0.25) is 5.10 Å². The maximum Gasteiger partial charge on any atom is 0.340 e. The molecule has 104 valence electrons. The van der Waals surface area contributed by atoms with Crippen molar-refractivity contribution in [3.8, 4) is 12.3 Å². The van der Waals surface area contributed by atoms with Crippen molar-refractivity contribution in [3.05, 3.63) is 11.3 Å². The molecule has 2 N–H and O–H groups in total. The van der Waals surface area contributed by atoms with E-state index in [0.29, 0.717) is 6.42 Å². The molecule has 0 saturated carbocycles. The van der Waals surface area contributed by atoms with Crippen molar-refractivity contribution in [3.63, 3.8) is 0 Å². The Labute approximate surface area is 111 Å². The Morgan fingerprint density at radius 1 is 1.58 bits per heavy atom. The van der Waals surface area contributed by atoms with E-state index in [2.05, 4.69) is 16.1 Å². The van der Waals surface area contributed by atoms with Crippen LogP contribution in [0, 0.1) is 19.3 Å². The molecule has 8 heteroatoms. The van der Waals surface area contributed by atoms with Crippen LogP contribution in [0.2, 0.25) is 0 Å². The van der Waals surface area contributed by atoms with E-state index in [4.69, 9.17) is 11.5 Å². The molecule has 0 aromatic carbocycles. The molecule has 0 fully saturated rings. The summed E-state index contributed by atoms with van der Waals surface area (Å²) in [5, 5.41) is 14.5. The summed E-state index contributed by atoms with van der Waals surface area (Å²) in [6.45, 7) is 3.33. The number of terminal acetylenes is 1. The molecule has 0 amide bonds.